The standard InChI is InChI=1S/C84H116N2O8/c1-57(2)29-39-87-77-51-71(79(47-65(77)17)89-41-31-59(5)6)23-25-73-55-81(91-43-33-61(9)10)69(53-83(73)93-45-35-63(13)14)21-19-67-27-37-85-75(49-67)76-50-68(28-38-86-76)20-22-70-54-84(94-46-36-64(15)16)74(56-82(70)92-44-34-62(11)12)26-24-72-52-78(88-40-30-58(3)4)66(18)48-80(72)90-42-32-60(7)8/h19-28,37-38,47-64H,29-36,39-46H2,1-18H3. The van der Waals surface area contributed by atoms with Gasteiger partial charge in [-0.2, -0.15) is 0 Å². The van der Waals surface area contributed by atoms with Crippen LogP contribution in [0.1, 0.15) is 218 Å². The van der Waals surface area contributed by atoms with Gasteiger partial charge in [0.05, 0.1) is 64.2 Å². The van der Waals surface area contributed by atoms with Crippen molar-refractivity contribution < 1.29 is 37.9 Å². The van der Waals surface area contributed by atoms with Gasteiger partial charge in [0.15, 0.2) is 0 Å². The third-order valence-corrected chi connectivity index (χ3v) is 16.1. The third-order valence-electron chi connectivity index (χ3n) is 16.1. The van der Waals surface area contributed by atoms with Crippen LogP contribution >= 0.6 is 0 Å². The Hall–Kier alpha value is -7.46. The molecule has 2 heterocycles. The lowest BCUT2D eigenvalue weighted by Gasteiger charge is -2.17. The predicted octanol–water partition coefficient (Wildman–Crippen LogP) is 22.8. The zero-order valence-electron chi connectivity index (χ0n) is 60.8. The monoisotopic (exact) mass is 1280 g/mol. The lowest BCUT2D eigenvalue weighted by atomic mass is 10.0. The van der Waals surface area contributed by atoms with Crippen LogP contribution in [0.5, 0.6) is 46.0 Å². The molecule has 0 atom stereocenters. The van der Waals surface area contributed by atoms with Crippen molar-refractivity contribution in [3.05, 3.63) is 141 Å². The number of aryl methyl sites for hydroxylation is 2. The Balaban J connectivity index is 1.35. The number of hydrogen-bond donors (Lipinski definition) is 0. The summed E-state index contributed by atoms with van der Waals surface area (Å²) in [5.41, 5.74) is 11.2. The number of nitrogens with zero attached hydrogens (tertiary/aromatic N) is 2. The molecule has 0 fully saturated rings. The summed E-state index contributed by atoms with van der Waals surface area (Å²) in [6.07, 6.45) is 28.2. The average molecular weight is 1280 g/mol. The van der Waals surface area contributed by atoms with Crippen molar-refractivity contribution in [3.8, 4) is 57.4 Å². The highest BCUT2D eigenvalue weighted by molar-refractivity contribution is 5.83. The average Bonchev–Trinajstić information content (AvgIpc) is 0.835. The van der Waals surface area contributed by atoms with Crippen LogP contribution in [0.4, 0.5) is 0 Å². The van der Waals surface area contributed by atoms with E-state index >= 15 is 0 Å². The first-order valence-electron chi connectivity index (χ1n) is 35.3. The van der Waals surface area contributed by atoms with Crippen molar-refractivity contribution in [2.45, 2.75) is 176 Å². The van der Waals surface area contributed by atoms with Crippen molar-refractivity contribution in [2.75, 3.05) is 52.9 Å². The summed E-state index contributed by atoms with van der Waals surface area (Å²) in [6, 6.07) is 25.1. The van der Waals surface area contributed by atoms with Gasteiger partial charge in [-0.15, -0.1) is 0 Å². The lowest BCUT2D eigenvalue weighted by molar-refractivity contribution is 0.280. The van der Waals surface area contributed by atoms with Crippen LogP contribution in [-0.2, 0) is 0 Å². The van der Waals surface area contributed by atoms with Crippen LogP contribution in [0.15, 0.2) is 85.2 Å². The number of pyridine rings is 2. The second-order valence-corrected chi connectivity index (χ2v) is 28.7. The van der Waals surface area contributed by atoms with Crippen molar-refractivity contribution in [1.29, 1.82) is 0 Å². The van der Waals surface area contributed by atoms with Gasteiger partial charge in [-0.1, -0.05) is 159 Å². The van der Waals surface area contributed by atoms with Gasteiger partial charge in [-0.3, -0.25) is 9.97 Å². The van der Waals surface area contributed by atoms with E-state index in [0.29, 0.717) is 100 Å². The summed E-state index contributed by atoms with van der Waals surface area (Å²) in [5, 5.41) is 0. The topological polar surface area (TPSA) is 99.6 Å². The summed E-state index contributed by atoms with van der Waals surface area (Å²) < 4.78 is 52.5. The molecular weight excluding hydrogens is 1160 g/mol. The van der Waals surface area contributed by atoms with Crippen LogP contribution < -0.4 is 37.9 Å². The molecule has 0 spiro atoms. The van der Waals surface area contributed by atoms with Gasteiger partial charge in [0.1, 0.15) is 46.0 Å². The molecule has 0 aliphatic rings. The Bertz CT molecular complexity index is 3160. The number of hydrogen-bond acceptors (Lipinski definition) is 10. The van der Waals surface area contributed by atoms with E-state index in [2.05, 4.69) is 234 Å². The largest absolute Gasteiger partial charge is 0.493 e. The number of ether oxygens (including phenoxy) is 8. The fourth-order valence-corrected chi connectivity index (χ4v) is 9.73. The Labute approximate surface area is 568 Å². The Morgan fingerprint density at radius 3 is 0.670 bits per heavy atom. The van der Waals surface area contributed by atoms with E-state index in [1.807, 2.05) is 24.5 Å². The van der Waals surface area contributed by atoms with E-state index in [9.17, 15) is 0 Å². The first kappa shape index (κ1) is 75.6. The van der Waals surface area contributed by atoms with Gasteiger partial charge in [0.2, 0.25) is 0 Å². The molecular formula is C84H116N2O8. The summed E-state index contributed by atoms with van der Waals surface area (Å²) in [6.45, 7) is 44.7. The second-order valence-electron chi connectivity index (χ2n) is 28.7. The quantitative estimate of drug-likeness (QED) is 0.0345. The van der Waals surface area contributed by atoms with Crippen LogP contribution in [0.2, 0.25) is 0 Å². The molecule has 2 aromatic heterocycles. The Kier molecular flexibility index (Phi) is 31.7. The van der Waals surface area contributed by atoms with Crippen molar-refractivity contribution in [3.63, 3.8) is 0 Å². The van der Waals surface area contributed by atoms with E-state index in [4.69, 9.17) is 47.9 Å². The maximum Gasteiger partial charge on any atom is 0.127 e. The van der Waals surface area contributed by atoms with Crippen LogP contribution in [0.3, 0.4) is 0 Å². The normalized spacial score (nSPS) is 12.1. The third kappa shape index (κ3) is 26.7. The minimum absolute atomic E-state index is 0.481. The summed E-state index contributed by atoms with van der Waals surface area (Å²) >= 11 is 0. The van der Waals surface area contributed by atoms with E-state index in [1.54, 1.807) is 0 Å². The Morgan fingerprint density at radius 1 is 0.255 bits per heavy atom. The molecule has 0 radical (unpaired) electrons. The molecule has 4 aromatic carbocycles. The van der Waals surface area contributed by atoms with Crippen LogP contribution in [0, 0.1) is 61.2 Å². The van der Waals surface area contributed by atoms with Gasteiger partial charge >= 0.3 is 0 Å². The maximum atomic E-state index is 6.69. The van der Waals surface area contributed by atoms with Gasteiger partial charge in [-0.25, -0.2) is 0 Å². The fourth-order valence-electron chi connectivity index (χ4n) is 9.73. The molecule has 0 aliphatic carbocycles. The molecule has 0 unspecified atom stereocenters. The smallest absolute Gasteiger partial charge is 0.127 e. The van der Waals surface area contributed by atoms with Crippen LogP contribution in [0.25, 0.3) is 60.0 Å². The van der Waals surface area contributed by atoms with E-state index in [0.717, 1.165) is 164 Å². The van der Waals surface area contributed by atoms with Crippen molar-refractivity contribution in [2.24, 2.45) is 47.3 Å². The van der Waals surface area contributed by atoms with Gasteiger partial charge < -0.3 is 37.9 Å². The second kappa shape index (κ2) is 39.4. The van der Waals surface area contributed by atoms with Gasteiger partial charge in [-0.05, 0) is 208 Å². The van der Waals surface area contributed by atoms with Gasteiger partial charge in [0.25, 0.3) is 0 Å². The summed E-state index contributed by atoms with van der Waals surface area (Å²) in [5.74, 6) is 10.6. The molecule has 0 saturated heterocycles. The molecule has 0 amide bonds. The molecule has 0 N–H and O–H groups in total. The molecule has 0 saturated carbocycles. The molecule has 10 nitrogen and oxygen atoms in total. The highest BCUT2D eigenvalue weighted by Gasteiger charge is 2.17. The first-order chi connectivity index (χ1) is 45.0. The molecule has 94 heavy (non-hydrogen) atoms. The van der Waals surface area contributed by atoms with E-state index < -0.39 is 0 Å². The van der Waals surface area contributed by atoms with Crippen molar-refractivity contribution >= 4 is 48.6 Å². The van der Waals surface area contributed by atoms with E-state index in [-0.39, 0.29) is 0 Å². The highest BCUT2D eigenvalue weighted by Crippen LogP contribution is 2.38. The maximum absolute atomic E-state index is 6.69. The molecule has 10 heteroatoms. The summed E-state index contributed by atoms with van der Waals surface area (Å²) in [4.78, 5) is 9.70. The zero-order valence-corrected chi connectivity index (χ0v) is 60.8. The number of benzene rings is 4. The Morgan fingerprint density at radius 2 is 0.447 bits per heavy atom. The lowest BCUT2D eigenvalue weighted by Crippen LogP contribution is -2.06. The molecule has 0 aliphatic heterocycles. The molecule has 510 valence electrons. The first-order valence-corrected chi connectivity index (χ1v) is 35.3. The summed E-state index contributed by atoms with van der Waals surface area (Å²) in [7, 11) is 0. The zero-order chi connectivity index (χ0) is 68.1. The fraction of sp³-hybridized carbons (Fsp3) is 0.500. The molecule has 6 rings (SSSR count). The molecule has 0 bridgehead atoms. The van der Waals surface area contributed by atoms with Crippen LogP contribution in [-0.4, -0.2) is 62.8 Å². The highest BCUT2D eigenvalue weighted by atomic mass is 16.5. The van der Waals surface area contributed by atoms with E-state index in [1.165, 1.54) is 0 Å². The SMILES string of the molecule is Cc1cc(OCCC(C)C)c(C=Cc2cc(OCCC(C)C)c(C=Cc3ccnc(-c4cc(C=Cc5cc(OCCC(C)C)c(C=Cc6cc(OCCC(C)C)c(C)cc6OCCC(C)C)cc5OCCC(C)C)ccn4)c3)cc2OCCC(C)C)cc1OCCC(C)C. The number of aromatic nitrogens is 2. The van der Waals surface area contributed by atoms with Crippen molar-refractivity contribution in [1.82, 2.24) is 9.97 Å². The predicted molar refractivity (Wildman–Crippen MR) is 398 cm³/mol. The number of rotatable bonds is 41. The van der Waals surface area contributed by atoms with Gasteiger partial charge in [0, 0.05) is 45.8 Å². The minimum Gasteiger partial charge on any atom is -0.493 e. The minimum atomic E-state index is 0.481. The molecule has 6 aromatic rings.